The van der Waals surface area contributed by atoms with E-state index < -0.39 is 15.9 Å². The quantitative estimate of drug-likeness (QED) is 0.463. The minimum atomic E-state index is -3.47. The van der Waals surface area contributed by atoms with Crippen molar-refractivity contribution in [2.45, 2.75) is 17.7 Å². The van der Waals surface area contributed by atoms with Crippen LogP contribution in [0.1, 0.15) is 23.2 Å². The van der Waals surface area contributed by atoms with Crippen LogP contribution < -0.4 is 16.2 Å². The van der Waals surface area contributed by atoms with E-state index in [0.717, 1.165) is 19.4 Å². The van der Waals surface area contributed by atoms with Gasteiger partial charge in [0.1, 0.15) is 0 Å². The van der Waals surface area contributed by atoms with Crippen molar-refractivity contribution in [1.82, 2.24) is 25.4 Å². The van der Waals surface area contributed by atoms with Crippen LogP contribution in [0.5, 0.6) is 0 Å². The van der Waals surface area contributed by atoms with Crippen molar-refractivity contribution in [2.75, 3.05) is 40.3 Å². The molecule has 0 unspecified atom stereocenters. The van der Waals surface area contributed by atoms with Crippen molar-refractivity contribution in [2.24, 2.45) is 0 Å². The number of hydrazine groups is 1. The summed E-state index contributed by atoms with van der Waals surface area (Å²) in [6, 6.07) is 5.89. The zero-order chi connectivity index (χ0) is 19.2. The molecule has 1 saturated heterocycles. The molecule has 1 aliphatic rings. The molecular formula is C16H25N5O3S2. The third-order valence-electron chi connectivity index (χ3n) is 3.95. The largest absolute Gasteiger partial charge is 0.360 e. The minimum Gasteiger partial charge on any atom is -0.360 e. The molecule has 0 aliphatic carbocycles. The zero-order valence-electron chi connectivity index (χ0n) is 15.0. The number of benzene rings is 1. The number of amides is 1. The van der Waals surface area contributed by atoms with Crippen LogP contribution in [0.15, 0.2) is 29.2 Å². The van der Waals surface area contributed by atoms with Gasteiger partial charge in [-0.2, -0.15) is 4.31 Å². The van der Waals surface area contributed by atoms with Crippen LogP contribution >= 0.6 is 12.2 Å². The second kappa shape index (κ2) is 9.26. The molecule has 8 nitrogen and oxygen atoms in total. The van der Waals surface area contributed by atoms with Gasteiger partial charge in [-0.05, 0) is 63.4 Å². The summed E-state index contributed by atoms with van der Waals surface area (Å²) in [6.07, 6.45) is 1.77. The second-order valence-corrected chi connectivity index (χ2v) is 8.62. The second-order valence-electron chi connectivity index (χ2n) is 6.27. The summed E-state index contributed by atoms with van der Waals surface area (Å²) in [4.78, 5) is 14.3. The molecule has 0 aromatic heterocycles. The van der Waals surface area contributed by atoms with E-state index in [1.54, 1.807) is 0 Å². The van der Waals surface area contributed by atoms with Crippen molar-refractivity contribution in [3.8, 4) is 0 Å². The number of nitrogens with zero attached hydrogens (tertiary/aromatic N) is 2. The lowest BCUT2D eigenvalue weighted by atomic mass is 10.2. The summed E-state index contributed by atoms with van der Waals surface area (Å²) in [5, 5.41) is 3.27. The van der Waals surface area contributed by atoms with E-state index >= 15 is 0 Å². The molecule has 10 heteroatoms. The molecule has 1 fully saturated rings. The topological polar surface area (TPSA) is 93.8 Å². The lowest BCUT2D eigenvalue weighted by Gasteiger charge is -2.16. The molecule has 1 amide bonds. The van der Waals surface area contributed by atoms with E-state index in [2.05, 4.69) is 16.2 Å². The Bertz CT molecular complexity index is 729. The summed E-state index contributed by atoms with van der Waals surface area (Å²) in [5.74, 6) is -0.396. The Hall–Kier alpha value is -1.75. The summed E-state index contributed by atoms with van der Waals surface area (Å²) in [5.41, 5.74) is 5.45. The van der Waals surface area contributed by atoms with E-state index in [1.165, 1.54) is 28.6 Å². The number of sulfonamides is 1. The van der Waals surface area contributed by atoms with Gasteiger partial charge in [-0.25, -0.2) is 8.42 Å². The van der Waals surface area contributed by atoms with E-state index in [0.29, 0.717) is 30.3 Å². The highest BCUT2D eigenvalue weighted by atomic mass is 32.2. The SMILES string of the molecule is CN(C)CCNC(=S)NNC(=O)c1ccc(S(=O)(=O)N2CCCC2)cc1. The van der Waals surface area contributed by atoms with E-state index in [4.69, 9.17) is 12.2 Å². The monoisotopic (exact) mass is 399 g/mol. The number of carbonyl (C=O) groups is 1. The molecule has 1 heterocycles. The highest BCUT2D eigenvalue weighted by Crippen LogP contribution is 2.20. The zero-order valence-corrected chi connectivity index (χ0v) is 16.6. The highest BCUT2D eigenvalue weighted by molar-refractivity contribution is 7.89. The van der Waals surface area contributed by atoms with Crippen LogP contribution in [0.4, 0.5) is 0 Å². The van der Waals surface area contributed by atoms with Crippen molar-refractivity contribution >= 4 is 33.3 Å². The first-order valence-corrected chi connectivity index (χ1v) is 10.2. The molecule has 0 radical (unpaired) electrons. The van der Waals surface area contributed by atoms with Crippen molar-refractivity contribution in [1.29, 1.82) is 0 Å². The Labute approximate surface area is 159 Å². The van der Waals surface area contributed by atoms with Gasteiger partial charge >= 0.3 is 0 Å². The maximum Gasteiger partial charge on any atom is 0.269 e. The molecule has 1 aliphatic heterocycles. The van der Waals surface area contributed by atoms with Gasteiger partial charge in [-0.3, -0.25) is 15.6 Å². The van der Waals surface area contributed by atoms with Gasteiger partial charge in [-0.15, -0.1) is 0 Å². The fourth-order valence-electron chi connectivity index (χ4n) is 2.48. The summed E-state index contributed by atoms with van der Waals surface area (Å²) in [6.45, 7) is 2.56. The third kappa shape index (κ3) is 5.63. The summed E-state index contributed by atoms with van der Waals surface area (Å²) in [7, 11) is 0.431. The summed E-state index contributed by atoms with van der Waals surface area (Å²) >= 11 is 5.06. The maximum absolute atomic E-state index is 12.5. The number of thiocarbonyl (C=S) groups is 1. The van der Waals surface area contributed by atoms with Crippen LogP contribution in [0.2, 0.25) is 0 Å². The Kier molecular flexibility index (Phi) is 7.33. The average molecular weight is 400 g/mol. The van der Waals surface area contributed by atoms with Crippen LogP contribution in [0, 0.1) is 0 Å². The van der Waals surface area contributed by atoms with Gasteiger partial charge in [-0.1, -0.05) is 0 Å². The lowest BCUT2D eigenvalue weighted by Crippen LogP contribution is -2.47. The molecule has 0 atom stereocenters. The van der Waals surface area contributed by atoms with E-state index in [-0.39, 0.29) is 4.90 Å². The Balaban J connectivity index is 1.87. The van der Waals surface area contributed by atoms with Gasteiger partial charge in [0, 0.05) is 31.7 Å². The normalized spacial score (nSPS) is 15.0. The Morgan fingerprint density at radius 1 is 1.15 bits per heavy atom. The molecular weight excluding hydrogens is 374 g/mol. The first-order chi connectivity index (χ1) is 12.3. The van der Waals surface area contributed by atoms with E-state index in [1.807, 2.05) is 19.0 Å². The molecule has 0 bridgehead atoms. The fraction of sp³-hybridized carbons (Fsp3) is 0.500. The van der Waals surface area contributed by atoms with E-state index in [9.17, 15) is 13.2 Å². The van der Waals surface area contributed by atoms with Crippen molar-refractivity contribution < 1.29 is 13.2 Å². The first-order valence-electron chi connectivity index (χ1n) is 8.40. The minimum absolute atomic E-state index is 0.199. The van der Waals surface area contributed by atoms with Crippen LogP contribution in [-0.2, 0) is 10.0 Å². The van der Waals surface area contributed by atoms with Gasteiger partial charge < -0.3 is 10.2 Å². The molecule has 26 heavy (non-hydrogen) atoms. The molecule has 144 valence electrons. The van der Waals surface area contributed by atoms with Crippen LogP contribution in [-0.4, -0.2) is 68.9 Å². The number of rotatable bonds is 6. The summed E-state index contributed by atoms with van der Waals surface area (Å²) < 4.78 is 26.4. The molecule has 3 N–H and O–H groups in total. The highest BCUT2D eigenvalue weighted by Gasteiger charge is 2.27. The smallest absolute Gasteiger partial charge is 0.269 e. The molecule has 1 aromatic rings. The fourth-order valence-corrected chi connectivity index (χ4v) is 4.15. The molecule has 0 saturated carbocycles. The maximum atomic E-state index is 12.5. The first kappa shape index (κ1) is 20.6. The Morgan fingerprint density at radius 3 is 2.35 bits per heavy atom. The van der Waals surface area contributed by atoms with Gasteiger partial charge in [0.2, 0.25) is 10.0 Å². The van der Waals surface area contributed by atoms with Crippen molar-refractivity contribution in [3.63, 3.8) is 0 Å². The average Bonchev–Trinajstić information content (AvgIpc) is 3.15. The number of carbonyl (C=O) groups excluding carboxylic acids is 1. The standard InChI is InChI=1S/C16H25N5O3S2/c1-20(2)12-9-17-16(25)19-18-15(22)13-5-7-14(8-6-13)26(23,24)21-10-3-4-11-21/h5-8H,3-4,9-12H2,1-2H3,(H,18,22)(H2,17,19,25). The number of hydrogen-bond donors (Lipinski definition) is 3. The molecule has 1 aromatic carbocycles. The van der Waals surface area contributed by atoms with Gasteiger partial charge in [0.15, 0.2) is 5.11 Å². The molecule has 2 rings (SSSR count). The van der Waals surface area contributed by atoms with Crippen molar-refractivity contribution in [3.05, 3.63) is 29.8 Å². The molecule has 0 spiro atoms. The third-order valence-corrected chi connectivity index (χ3v) is 6.11. The van der Waals surface area contributed by atoms with Gasteiger partial charge in [0.05, 0.1) is 4.90 Å². The number of likely N-dealkylation sites (N-methyl/N-ethyl adjacent to an activating group) is 1. The van der Waals surface area contributed by atoms with Crippen LogP contribution in [0.3, 0.4) is 0 Å². The lowest BCUT2D eigenvalue weighted by molar-refractivity contribution is 0.0943. The Morgan fingerprint density at radius 2 is 1.77 bits per heavy atom. The predicted molar refractivity (Wildman–Crippen MR) is 104 cm³/mol. The van der Waals surface area contributed by atoms with Gasteiger partial charge in [0.25, 0.3) is 5.91 Å². The van der Waals surface area contributed by atoms with Crippen LogP contribution in [0.25, 0.3) is 0 Å². The number of hydrogen-bond acceptors (Lipinski definition) is 5. The predicted octanol–water partition coefficient (Wildman–Crippen LogP) is 0.142. The number of nitrogens with one attached hydrogen (secondary N) is 3.